The van der Waals surface area contributed by atoms with Crippen molar-refractivity contribution in [3.8, 4) is 0 Å². The van der Waals surface area contributed by atoms with Crippen molar-refractivity contribution in [1.82, 2.24) is 58.1 Å². The highest BCUT2D eigenvalue weighted by molar-refractivity contribution is 5.86. The first kappa shape index (κ1) is 80.6. The molecule has 105 heavy (non-hydrogen) atoms. The normalized spacial score (nSPS) is 28.2. The number of esters is 2. The molecule has 8 aromatic heterocycles. The lowest BCUT2D eigenvalue weighted by atomic mass is 9.91. The third-order valence-electron chi connectivity index (χ3n) is 18.2. The number of hydrogen-bond donors (Lipinski definition) is 15. The van der Waals surface area contributed by atoms with Crippen LogP contribution in [0.4, 0.5) is 23.8 Å². The summed E-state index contributed by atoms with van der Waals surface area (Å²) in [5, 5.41) is 60.3. The molecule has 0 spiro atoms. The second-order valence-electron chi connectivity index (χ2n) is 27.1. The number of nitrogens with one attached hydrogen (secondary N) is 4. The molecule has 2 unspecified atom stereocenters. The Hall–Kier alpha value is -8.53. The van der Waals surface area contributed by atoms with Gasteiger partial charge in [0.15, 0.2) is 59.1 Å². The number of fused-ring (bicyclic) bond motifs is 6. The Labute approximate surface area is 606 Å². The van der Waals surface area contributed by atoms with Gasteiger partial charge >= 0.3 is 11.9 Å². The van der Waals surface area contributed by atoms with Crippen molar-refractivity contribution in [3.05, 3.63) is 90.5 Å². The number of carbonyl (C=O) groups excluding carboxylic acids is 3. The SMILES string of the molecule is CC(=O)C[C@H](C(=O)OC[C@H]1O[C@@H](n2ccc3c(=O)[nH]c(N)nc32)C2OC(C)(C)O[C@@H]21)C(C)C.CC(C)[C@H](N)C(=O)OC[C@H]1O[C@@H](n2ccc3c(=O)[nH]c(N)nc32)[C@H](O)[C@@H]1O.CC1(C)OC2[C@H](n3ccc4c(=O)[nH]c(N)nc43)O[C@H](CO)[C@H]2O1.Cl.Cl.Nc1nc2c(ccn2[C@@H]2O[C@H](CO)[C@@H](O)[C@H]2O)c(=O)[nH]1. The first-order chi connectivity index (χ1) is 48.6. The number of aliphatic hydroxyl groups excluding tert-OH is 6. The highest BCUT2D eigenvalue weighted by atomic mass is 35.5. The van der Waals surface area contributed by atoms with Crippen molar-refractivity contribution in [1.29, 1.82) is 0 Å². The average Bonchev–Trinajstić information content (AvgIpc) is 1.59. The van der Waals surface area contributed by atoms with Crippen LogP contribution < -0.4 is 50.9 Å². The van der Waals surface area contributed by atoms with E-state index in [9.17, 15) is 59.1 Å². The van der Waals surface area contributed by atoms with E-state index in [1.54, 1.807) is 61.4 Å². The van der Waals surface area contributed by atoms with Gasteiger partial charge in [0.1, 0.15) is 98.3 Å². The molecule has 42 heteroatoms. The molecule has 0 bridgehead atoms. The summed E-state index contributed by atoms with van der Waals surface area (Å²) in [7, 11) is 0. The molecule has 6 fully saturated rings. The minimum absolute atomic E-state index is 0. The van der Waals surface area contributed by atoms with Crippen LogP contribution in [0.1, 0.15) is 93.6 Å². The number of aromatic nitrogens is 12. The predicted molar refractivity (Wildman–Crippen MR) is 373 cm³/mol. The number of nitrogens with two attached hydrogens (primary N) is 5. The highest BCUT2D eigenvalue weighted by Gasteiger charge is 2.58. The number of ether oxygens (including phenoxy) is 10. The number of aliphatic hydroxyl groups is 6. The van der Waals surface area contributed by atoms with Gasteiger partial charge in [0.2, 0.25) is 23.8 Å². The van der Waals surface area contributed by atoms with Gasteiger partial charge in [-0.25, -0.2) is 0 Å². The number of rotatable bonds is 16. The molecule has 0 aromatic carbocycles. The Kier molecular flexibility index (Phi) is 24.5. The van der Waals surface area contributed by atoms with Crippen LogP contribution in [-0.2, 0) is 61.8 Å². The number of hydrogen-bond acceptors (Lipinski definition) is 32. The quantitative estimate of drug-likeness (QED) is 0.0487. The monoisotopic (exact) mass is 1520 g/mol. The molecule has 14 heterocycles. The van der Waals surface area contributed by atoms with Crippen LogP contribution in [0.2, 0.25) is 0 Å². The summed E-state index contributed by atoms with van der Waals surface area (Å²) in [4.78, 5) is 110. The molecule has 6 aliphatic heterocycles. The second-order valence-corrected chi connectivity index (χ2v) is 27.1. The maximum atomic E-state index is 12.7. The molecule has 0 saturated carbocycles. The van der Waals surface area contributed by atoms with E-state index in [2.05, 4.69) is 39.9 Å². The van der Waals surface area contributed by atoms with Gasteiger partial charge in [-0.2, -0.15) is 19.9 Å². The first-order valence-electron chi connectivity index (χ1n) is 32.9. The van der Waals surface area contributed by atoms with Crippen LogP contribution in [0.25, 0.3) is 44.1 Å². The maximum Gasteiger partial charge on any atom is 0.323 e. The lowest BCUT2D eigenvalue weighted by molar-refractivity contribution is -0.202. The molecule has 0 amide bonds. The first-order valence-corrected chi connectivity index (χ1v) is 32.9. The minimum atomic E-state index is -1.33. The maximum absolute atomic E-state index is 12.7. The average molecular weight is 1520 g/mol. The summed E-state index contributed by atoms with van der Waals surface area (Å²) in [5.41, 5.74) is 27.8. The number of nitrogen functional groups attached to an aromatic ring is 4. The zero-order valence-corrected chi connectivity index (χ0v) is 59.7. The third-order valence-corrected chi connectivity index (χ3v) is 18.2. The number of aromatic amines is 4. The fourth-order valence-electron chi connectivity index (χ4n) is 13.0. The number of H-pyrrole nitrogens is 4. The third kappa shape index (κ3) is 16.4. The van der Waals surface area contributed by atoms with Crippen LogP contribution in [0.15, 0.2) is 68.2 Å². The van der Waals surface area contributed by atoms with Gasteiger partial charge < -0.3 is 130 Å². The van der Waals surface area contributed by atoms with Gasteiger partial charge in [0.05, 0.1) is 40.7 Å². The van der Waals surface area contributed by atoms with E-state index >= 15 is 0 Å². The summed E-state index contributed by atoms with van der Waals surface area (Å²) in [6, 6.07) is 5.48. The van der Waals surface area contributed by atoms with E-state index in [-0.39, 0.29) is 126 Å². The standard InChI is InChI=1S/C22H30N4O7.C16H23N5O6.C14H18N4O5.C11H14N4O5.2ClH/c1-10(2)13(8-11(3)27)20(29)30-9-14-15-16(33-22(4,5)32-15)19(31-14)26-7-6-12-17(26)24-21(23)25-18(12)28;1-6(2)9(17)15(25)26-5-8-10(22)11(23)14(27-8)21-4-3-7-12(21)19-16(18)20-13(7)24;1-14(2)22-8-7(5-19)21-12(9(8)23-14)18-4-3-6-10(18)16-13(15)17-11(6)20;12-11-13-8-4(9(19)14-11)1-2-15(8)10-7(18)6(17)5(3-16)20-10;;/h6-7,10,13-16,19H,8-9H2,1-5H3,(H3,23,24,25,28);3-4,6,8-11,14,22-23H,5,17H2,1-2H3,(H3,18,19,20,24);3-4,7-9,12,19H,5H2,1-2H3,(H3,15,16,17,20);1-2,5-7,10,16-18H,3H2,(H3,12,13,14,19);2*1H/t13-,14+,15+,16?,19+;8-,9+,10-,11-,14-;7-,8-,9?,12-;5-,6-,7-,10-;;/m0111../s1. The molecular weight excluding hydrogens is 1430 g/mol. The zero-order chi connectivity index (χ0) is 74.7. The molecule has 8 aromatic rings. The lowest BCUT2D eigenvalue weighted by Gasteiger charge is -2.25. The van der Waals surface area contributed by atoms with Crippen molar-refractivity contribution in [2.45, 2.75) is 185 Å². The predicted octanol–water partition coefficient (Wildman–Crippen LogP) is -1.55. The number of carbonyl (C=O) groups is 3. The Balaban J connectivity index is 0.000000164. The van der Waals surface area contributed by atoms with Crippen molar-refractivity contribution in [2.24, 2.45) is 23.5 Å². The van der Waals surface area contributed by atoms with Crippen LogP contribution in [0.5, 0.6) is 0 Å². The number of Topliss-reactive ketones (excluding diaryl/α,β-unsaturated/α-hetero) is 1. The zero-order valence-electron chi connectivity index (χ0n) is 58.1. The van der Waals surface area contributed by atoms with Gasteiger partial charge in [-0.3, -0.25) is 48.7 Å². The summed E-state index contributed by atoms with van der Waals surface area (Å²) >= 11 is 0. The van der Waals surface area contributed by atoms with Crippen LogP contribution in [0, 0.1) is 17.8 Å². The van der Waals surface area contributed by atoms with E-state index < -0.39 is 151 Å². The number of halogens is 2. The molecule has 6 saturated heterocycles. The Morgan fingerprint density at radius 1 is 0.486 bits per heavy atom. The number of nitrogens with zero attached hydrogens (tertiary/aromatic N) is 8. The van der Waals surface area contributed by atoms with Crippen molar-refractivity contribution in [3.63, 3.8) is 0 Å². The largest absolute Gasteiger partial charge is 0.463 e. The molecule has 0 aliphatic carbocycles. The van der Waals surface area contributed by atoms with E-state index in [4.69, 9.17) is 81.1 Å². The second kappa shape index (κ2) is 31.9. The van der Waals surface area contributed by atoms with Gasteiger partial charge in [-0.05, 0) is 70.7 Å². The van der Waals surface area contributed by atoms with Gasteiger partial charge in [0.25, 0.3) is 22.2 Å². The summed E-state index contributed by atoms with van der Waals surface area (Å²) in [5.74, 6) is -3.59. The molecule has 0 radical (unpaired) electrons. The lowest BCUT2D eigenvalue weighted by Crippen LogP contribution is -2.40. The van der Waals surface area contributed by atoms with Crippen molar-refractivity contribution in [2.75, 3.05) is 49.4 Å². The van der Waals surface area contributed by atoms with Crippen LogP contribution >= 0.6 is 24.8 Å². The summed E-state index contributed by atoms with van der Waals surface area (Å²) in [6.07, 6.45) is -6.67. The molecule has 576 valence electrons. The van der Waals surface area contributed by atoms with E-state index in [0.29, 0.717) is 22.1 Å². The van der Waals surface area contributed by atoms with E-state index in [0.717, 1.165) is 0 Å². The minimum Gasteiger partial charge on any atom is -0.463 e. The summed E-state index contributed by atoms with van der Waals surface area (Å²) in [6.45, 7) is 15.0. The molecule has 18 atom stereocenters. The van der Waals surface area contributed by atoms with Crippen molar-refractivity contribution < 1.29 is 92.4 Å². The van der Waals surface area contributed by atoms with Crippen LogP contribution in [0.3, 0.4) is 0 Å². The number of anilines is 4. The fourth-order valence-corrected chi connectivity index (χ4v) is 13.0. The molecule has 14 rings (SSSR count). The van der Waals surface area contributed by atoms with E-state index in [1.165, 1.54) is 40.6 Å². The Bertz CT molecular complexity index is 4690. The summed E-state index contributed by atoms with van der Waals surface area (Å²) < 4.78 is 63.9. The molecule has 40 nitrogen and oxygen atoms in total. The van der Waals surface area contributed by atoms with Gasteiger partial charge in [-0.15, -0.1) is 24.8 Å². The molecular formula is C63H87Cl2N17O23. The van der Waals surface area contributed by atoms with E-state index in [1.807, 2.05) is 27.7 Å². The topological polar surface area (TPSA) is 598 Å². The Morgan fingerprint density at radius 2 is 0.800 bits per heavy atom. The molecule has 20 N–H and O–H groups in total. The number of ketones is 1. The van der Waals surface area contributed by atoms with Crippen molar-refractivity contribution >= 4 is 110 Å². The Morgan fingerprint density at radius 3 is 1.15 bits per heavy atom. The molecule has 6 aliphatic rings. The van der Waals surface area contributed by atoms with Crippen LogP contribution in [-0.4, -0.2) is 224 Å². The smallest absolute Gasteiger partial charge is 0.323 e. The van der Waals surface area contributed by atoms with Gasteiger partial charge in [-0.1, -0.05) is 27.7 Å². The van der Waals surface area contributed by atoms with Gasteiger partial charge in [0, 0.05) is 31.2 Å². The fraction of sp³-hybridized carbons (Fsp3) is 0.571. The highest BCUT2D eigenvalue weighted by Crippen LogP contribution is 2.46.